The van der Waals surface area contributed by atoms with Crippen LogP contribution in [0.3, 0.4) is 0 Å². The van der Waals surface area contributed by atoms with E-state index in [1.165, 1.54) is 31.2 Å². The van der Waals surface area contributed by atoms with Gasteiger partial charge in [-0.25, -0.2) is 0 Å². The fraction of sp³-hybridized carbons (Fsp3) is 0.562. The van der Waals surface area contributed by atoms with Crippen molar-refractivity contribution in [2.75, 3.05) is 0 Å². The number of hydrogen-bond donors (Lipinski definition) is 0. The zero-order valence-corrected chi connectivity index (χ0v) is 10.5. The van der Waals surface area contributed by atoms with Crippen molar-refractivity contribution in [3.8, 4) is 0 Å². The predicted octanol–water partition coefficient (Wildman–Crippen LogP) is 4.16. The van der Waals surface area contributed by atoms with Crippen LogP contribution in [0.2, 0.25) is 0 Å². The molecule has 0 aliphatic heterocycles. The van der Waals surface area contributed by atoms with Crippen molar-refractivity contribution in [1.29, 1.82) is 0 Å². The summed E-state index contributed by atoms with van der Waals surface area (Å²) in [4.78, 5) is 11.5. The maximum Gasteiger partial charge on any atom is 0.135 e. The number of carbonyl (C=O) groups is 1. The second-order valence-corrected chi connectivity index (χ2v) is 5.14. The van der Waals surface area contributed by atoms with E-state index in [-0.39, 0.29) is 0 Å². The molecule has 1 unspecified atom stereocenters. The van der Waals surface area contributed by atoms with Crippen LogP contribution in [0.4, 0.5) is 0 Å². The van der Waals surface area contributed by atoms with Crippen molar-refractivity contribution < 1.29 is 4.79 Å². The molecule has 0 saturated heterocycles. The standard InChI is InChI=1S/C16H22O/c17-16-13-7-12-15(16)11-6-2-5-10-14-8-3-1-4-9-14/h1,3-4,8-9,15H,2,5-7,10-13H2. The van der Waals surface area contributed by atoms with Crippen LogP contribution in [0, 0.1) is 5.92 Å². The summed E-state index contributed by atoms with van der Waals surface area (Å²) in [6, 6.07) is 10.7. The molecule has 1 aromatic rings. The van der Waals surface area contributed by atoms with Crippen LogP contribution in [-0.2, 0) is 11.2 Å². The second kappa shape index (κ2) is 6.58. The summed E-state index contributed by atoms with van der Waals surface area (Å²) in [5.41, 5.74) is 1.43. The van der Waals surface area contributed by atoms with Gasteiger partial charge in [-0.1, -0.05) is 43.2 Å². The van der Waals surface area contributed by atoms with Crippen molar-refractivity contribution >= 4 is 5.78 Å². The Morgan fingerprint density at radius 3 is 2.59 bits per heavy atom. The normalized spacial score (nSPS) is 19.8. The Balaban J connectivity index is 1.56. The van der Waals surface area contributed by atoms with E-state index in [1.54, 1.807) is 0 Å². The van der Waals surface area contributed by atoms with E-state index < -0.39 is 0 Å². The monoisotopic (exact) mass is 230 g/mol. The van der Waals surface area contributed by atoms with Crippen molar-refractivity contribution in [3.05, 3.63) is 35.9 Å². The lowest BCUT2D eigenvalue weighted by atomic mass is 9.98. The van der Waals surface area contributed by atoms with Crippen LogP contribution in [0.25, 0.3) is 0 Å². The van der Waals surface area contributed by atoms with E-state index in [2.05, 4.69) is 30.3 Å². The minimum Gasteiger partial charge on any atom is -0.299 e. The topological polar surface area (TPSA) is 17.1 Å². The Kier molecular flexibility index (Phi) is 4.78. The molecule has 1 saturated carbocycles. The molecule has 1 aromatic carbocycles. The third-order valence-corrected chi connectivity index (χ3v) is 3.79. The molecule has 92 valence electrons. The summed E-state index contributed by atoms with van der Waals surface area (Å²) in [6.07, 6.45) is 9.18. The number of benzene rings is 1. The number of carbonyl (C=O) groups excluding carboxylic acids is 1. The summed E-state index contributed by atoms with van der Waals surface area (Å²) < 4.78 is 0. The Labute approximate surface area is 104 Å². The van der Waals surface area contributed by atoms with Crippen LogP contribution >= 0.6 is 0 Å². The molecule has 0 heterocycles. The summed E-state index contributed by atoms with van der Waals surface area (Å²) in [5.74, 6) is 0.930. The number of hydrogen-bond acceptors (Lipinski definition) is 1. The molecule has 0 amide bonds. The molecule has 0 spiro atoms. The molecule has 0 aromatic heterocycles. The van der Waals surface area contributed by atoms with E-state index in [1.807, 2.05) is 0 Å². The number of rotatable bonds is 6. The average Bonchev–Trinajstić information content (AvgIpc) is 2.76. The quantitative estimate of drug-likeness (QED) is 0.671. The molecule has 17 heavy (non-hydrogen) atoms. The maximum atomic E-state index is 11.5. The lowest BCUT2D eigenvalue weighted by Gasteiger charge is -2.07. The Morgan fingerprint density at radius 1 is 1.06 bits per heavy atom. The van der Waals surface area contributed by atoms with Crippen LogP contribution in [0.1, 0.15) is 50.5 Å². The summed E-state index contributed by atoms with van der Waals surface area (Å²) in [6.45, 7) is 0. The van der Waals surface area contributed by atoms with Crippen molar-refractivity contribution in [2.24, 2.45) is 5.92 Å². The number of Topliss-reactive ketones (excluding diaryl/α,β-unsaturated/α-hetero) is 1. The van der Waals surface area contributed by atoms with E-state index in [0.717, 1.165) is 25.7 Å². The highest BCUT2D eigenvalue weighted by Crippen LogP contribution is 2.26. The number of aryl methyl sites for hydroxylation is 1. The number of unbranched alkanes of at least 4 members (excludes halogenated alkanes) is 2. The molecule has 1 aliphatic rings. The third-order valence-electron chi connectivity index (χ3n) is 3.79. The van der Waals surface area contributed by atoms with Gasteiger partial charge in [0.1, 0.15) is 5.78 Å². The Hall–Kier alpha value is -1.11. The van der Waals surface area contributed by atoms with Crippen LogP contribution < -0.4 is 0 Å². The third kappa shape index (κ3) is 3.99. The molecule has 1 aliphatic carbocycles. The maximum absolute atomic E-state index is 11.5. The van der Waals surface area contributed by atoms with Gasteiger partial charge in [0, 0.05) is 12.3 Å². The van der Waals surface area contributed by atoms with Gasteiger partial charge in [0.25, 0.3) is 0 Å². The fourth-order valence-corrected chi connectivity index (χ4v) is 2.73. The van der Waals surface area contributed by atoms with Gasteiger partial charge in [-0.2, -0.15) is 0 Å². The van der Waals surface area contributed by atoms with Gasteiger partial charge in [-0.05, 0) is 37.7 Å². The first-order valence-electron chi connectivity index (χ1n) is 6.93. The largest absolute Gasteiger partial charge is 0.299 e. The molecule has 1 fully saturated rings. The lowest BCUT2D eigenvalue weighted by Crippen LogP contribution is -2.05. The van der Waals surface area contributed by atoms with Crippen LogP contribution in [0.5, 0.6) is 0 Å². The molecule has 2 rings (SSSR count). The molecule has 0 radical (unpaired) electrons. The lowest BCUT2D eigenvalue weighted by molar-refractivity contribution is -0.120. The van der Waals surface area contributed by atoms with E-state index in [0.29, 0.717) is 11.7 Å². The SMILES string of the molecule is O=C1CCCC1CCCCCc1ccccc1. The van der Waals surface area contributed by atoms with Gasteiger partial charge in [-0.3, -0.25) is 4.79 Å². The Morgan fingerprint density at radius 2 is 1.88 bits per heavy atom. The highest BCUT2D eigenvalue weighted by Gasteiger charge is 2.23. The smallest absolute Gasteiger partial charge is 0.135 e. The highest BCUT2D eigenvalue weighted by atomic mass is 16.1. The molecular weight excluding hydrogens is 208 g/mol. The van der Waals surface area contributed by atoms with E-state index >= 15 is 0 Å². The van der Waals surface area contributed by atoms with Gasteiger partial charge in [0.05, 0.1) is 0 Å². The second-order valence-electron chi connectivity index (χ2n) is 5.14. The average molecular weight is 230 g/mol. The zero-order chi connectivity index (χ0) is 11.9. The first-order chi connectivity index (χ1) is 8.36. The van der Waals surface area contributed by atoms with Crippen molar-refractivity contribution in [2.45, 2.75) is 51.4 Å². The fourth-order valence-electron chi connectivity index (χ4n) is 2.73. The van der Waals surface area contributed by atoms with Crippen LogP contribution in [-0.4, -0.2) is 5.78 Å². The van der Waals surface area contributed by atoms with E-state index in [9.17, 15) is 4.79 Å². The molecule has 0 bridgehead atoms. The van der Waals surface area contributed by atoms with Crippen molar-refractivity contribution in [3.63, 3.8) is 0 Å². The van der Waals surface area contributed by atoms with Crippen molar-refractivity contribution in [1.82, 2.24) is 0 Å². The first kappa shape index (κ1) is 12.3. The van der Waals surface area contributed by atoms with E-state index in [4.69, 9.17) is 0 Å². The minimum absolute atomic E-state index is 0.409. The molecule has 1 heteroatoms. The number of ketones is 1. The van der Waals surface area contributed by atoms with Gasteiger partial charge in [0.15, 0.2) is 0 Å². The van der Waals surface area contributed by atoms with Gasteiger partial charge in [0.2, 0.25) is 0 Å². The first-order valence-corrected chi connectivity index (χ1v) is 6.93. The van der Waals surface area contributed by atoms with Gasteiger partial charge in [-0.15, -0.1) is 0 Å². The molecule has 0 N–H and O–H groups in total. The molecule has 1 nitrogen and oxygen atoms in total. The highest BCUT2D eigenvalue weighted by molar-refractivity contribution is 5.82. The molecule has 1 atom stereocenters. The summed E-state index contributed by atoms with van der Waals surface area (Å²) >= 11 is 0. The zero-order valence-electron chi connectivity index (χ0n) is 10.5. The van der Waals surface area contributed by atoms with Crippen LogP contribution in [0.15, 0.2) is 30.3 Å². The Bertz CT molecular complexity index is 342. The minimum atomic E-state index is 0.409. The molecular formula is C16H22O. The van der Waals surface area contributed by atoms with Gasteiger partial charge < -0.3 is 0 Å². The predicted molar refractivity (Wildman–Crippen MR) is 71.0 cm³/mol. The summed E-state index contributed by atoms with van der Waals surface area (Å²) in [7, 11) is 0. The summed E-state index contributed by atoms with van der Waals surface area (Å²) in [5, 5.41) is 0. The van der Waals surface area contributed by atoms with Gasteiger partial charge >= 0.3 is 0 Å².